The van der Waals surface area contributed by atoms with E-state index in [1.54, 1.807) is 0 Å². The van der Waals surface area contributed by atoms with Gasteiger partial charge in [0.15, 0.2) is 0 Å². The van der Waals surface area contributed by atoms with E-state index in [1.807, 2.05) is 37.3 Å². The molecule has 0 spiro atoms. The van der Waals surface area contributed by atoms with Crippen LogP contribution in [-0.4, -0.2) is 9.97 Å². The molecule has 0 saturated carbocycles. The summed E-state index contributed by atoms with van der Waals surface area (Å²) in [6.45, 7) is 4.66. The molecule has 2 aromatic carbocycles. The quantitative estimate of drug-likeness (QED) is 0.679. The Hall–Kier alpha value is -2.59. The first-order chi connectivity index (χ1) is 11.6. The topological polar surface area (TPSA) is 49.8 Å². The molecule has 0 saturated heterocycles. The second-order valence-electron chi connectivity index (χ2n) is 5.63. The molecule has 24 heavy (non-hydrogen) atoms. The van der Waals surface area contributed by atoms with Gasteiger partial charge in [0, 0.05) is 12.6 Å². The largest absolute Gasteiger partial charge is 0.366 e. The number of rotatable bonds is 5. The molecule has 1 heterocycles. The van der Waals surface area contributed by atoms with Crippen molar-refractivity contribution in [1.29, 1.82) is 0 Å². The normalized spacial score (nSPS) is 10.5. The number of aryl methyl sites for hydroxylation is 2. The first kappa shape index (κ1) is 16.3. The lowest BCUT2D eigenvalue weighted by molar-refractivity contribution is 1.02. The van der Waals surface area contributed by atoms with E-state index >= 15 is 0 Å². The van der Waals surface area contributed by atoms with Crippen molar-refractivity contribution in [3.8, 4) is 0 Å². The summed E-state index contributed by atoms with van der Waals surface area (Å²) in [6.07, 6.45) is 0. The van der Waals surface area contributed by atoms with Gasteiger partial charge in [0.2, 0.25) is 0 Å². The predicted molar refractivity (Wildman–Crippen MR) is 100 cm³/mol. The van der Waals surface area contributed by atoms with E-state index in [2.05, 4.69) is 51.8 Å². The number of aromatic nitrogens is 2. The molecule has 0 fully saturated rings. The molecular weight excluding hydrogens is 320 g/mol. The second kappa shape index (κ2) is 7.32. The fourth-order valence-electron chi connectivity index (χ4n) is 2.32. The summed E-state index contributed by atoms with van der Waals surface area (Å²) in [5.74, 6) is 2.18. The van der Waals surface area contributed by atoms with Crippen LogP contribution in [0.1, 0.15) is 17.0 Å². The van der Waals surface area contributed by atoms with Crippen LogP contribution in [0.15, 0.2) is 54.6 Å². The summed E-state index contributed by atoms with van der Waals surface area (Å²) in [5, 5.41) is 7.23. The van der Waals surface area contributed by atoms with Gasteiger partial charge >= 0.3 is 0 Å². The van der Waals surface area contributed by atoms with Gasteiger partial charge in [0.05, 0.1) is 10.7 Å². The number of para-hydroxylation sites is 1. The van der Waals surface area contributed by atoms with Crippen molar-refractivity contribution in [2.75, 3.05) is 10.6 Å². The van der Waals surface area contributed by atoms with Crippen LogP contribution in [0.3, 0.4) is 0 Å². The zero-order chi connectivity index (χ0) is 16.9. The van der Waals surface area contributed by atoms with Gasteiger partial charge in [-0.3, -0.25) is 0 Å². The summed E-state index contributed by atoms with van der Waals surface area (Å²) < 4.78 is 0. The molecule has 0 aliphatic heterocycles. The zero-order valence-corrected chi connectivity index (χ0v) is 14.4. The highest BCUT2D eigenvalue weighted by Crippen LogP contribution is 2.24. The molecule has 0 unspecified atom stereocenters. The highest BCUT2D eigenvalue weighted by atomic mass is 35.5. The molecule has 0 radical (unpaired) electrons. The monoisotopic (exact) mass is 338 g/mol. The second-order valence-corrected chi connectivity index (χ2v) is 6.04. The summed E-state index contributed by atoms with van der Waals surface area (Å²) in [7, 11) is 0. The standard InChI is InChI=1S/C19H19ClN4/c1-13-7-9-15(10-8-13)12-21-18-11-19(23-14(2)22-18)24-17-6-4-3-5-16(17)20/h3-11H,12H2,1-2H3,(H2,21,22,23,24). The van der Waals surface area contributed by atoms with Gasteiger partial charge in [-0.25, -0.2) is 9.97 Å². The van der Waals surface area contributed by atoms with Gasteiger partial charge in [0.25, 0.3) is 0 Å². The number of anilines is 3. The summed E-state index contributed by atoms with van der Waals surface area (Å²) >= 11 is 6.19. The van der Waals surface area contributed by atoms with Crippen molar-refractivity contribution < 1.29 is 0 Å². The van der Waals surface area contributed by atoms with Gasteiger partial charge in [-0.1, -0.05) is 53.6 Å². The maximum absolute atomic E-state index is 6.19. The van der Waals surface area contributed by atoms with Gasteiger partial charge in [-0.05, 0) is 31.5 Å². The van der Waals surface area contributed by atoms with Crippen molar-refractivity contribution in [1.82, 2.24) is 9.97 Å². The molecule has 5 heteroatoms. The first-order valence-corrected chi connectivity index (χ1v) is 8.14. The molecule has 0 atom stereocenters. The van der Waals surface area contributed by atoms with E-state index in [-0.39, 0.29) is 0 Å². The molecule has 122 valence electrons. The first-order valence-electron chi connectivity index (χ1n) is 7.77. The summed E-state index contributed by atoms with van der Waals surface area (Å²) in [4.78, 5) is 8.85. The molecule has 1 aromatic heterocycles. The van der Waals surface area contributed by atoms with Crippen LogP contribution in [-0.2, 0) is 6.54 Å². The maximum Gasteiger partial charge on any atom is 0.136 e. The van der Waals surface area contributed by atoms with E-state index < -0.39 is 0 Å². The minimum absolute atomic E-state index is 0.655. The Morgan fingerprint density at radius 3 is 2.38 bits per heavy atom. The number of hydrogen-bond acceptors (Lipinski definition) is 4. The van der Waals surface area contributed by atoms with Crippen molar-refractivity contribution in [3.63, 3.8) is 0 Å². The molecule has 2 N–H and O–H groups in total. The van der Waals surface area contributed by atoms with Crippen LogP contribution in [0.25, 0.3) is 0 Å². The smallest absolute Gasteiger partial charge is 0.136 e. The van der Waals surface area contributed by atoms with Crippen molar-refractivity contribution in [2.45, 2.75) is 20.4 Å². The van der Waals surface area contributed by atoms with Crippen LogP contribution < -0.4 is 10.6 Å². The number of nitrogens with zero attached hydrogens (tertiary/aromatic N) is 2. The molecular formula is C19H19ClN4. The van der Waals surface area contributed by atoms with Crippen LogP contribution in [0.2, 0.25) is 5.02 Å². The maximum atomic E-state index is 6.19. The van der Waals surface area contributed by atoms with Gasteiger partial charge in [-0.2, -0.15) is 0 Å². The van der Waals surface area contributed by atoms with Crippen LogP contribution >= 0.6 is 11.6 Å². The van der Waals surface area contributed by atoms with Crippen molar-refractivity contribution in [3.05, 3.63) is 76.6 Å². The molecule has 0 amide bonds. The fraction of sp³-hybridized carbons (Fsp3) is 0.158. The third-order valence-corrected chi connectivity index (χ3v) is 3.90. The lowest BCUT2D eigenvalue weighted by Crippen LogP contribution is -2.05. The lowest BCUT2D eigenvalue weighted by Gasteiger charge is -2.11. The lowest BCUT2D eigenvalue weighted by atomic mass is 10.1. The zero-order valence-electron chi connectivity index (χ0n) is 13.7. The minimum Gasteiger partial charge on any atom is -0.366 e. The Morgan fingerprint density at radius 1 is 0.917 bits per heavy atom. The van der Waals surface area contributed by atoms with Crippen LogP contribution in [0.4, 0.5) is 17.3 Å². The SMILES string of the molecule is Cc1ccc(CNc2cc(Nc3ccccc3Cl)nc(C)n2)cc1. The van der Waals surface area contributed by atoms with Gasteiger partial charge in [0.1, 0.15) is 17.5 Å². The van der Waals surface area contributed by atoms with E-state index in [4.69, 9.17) is 11.6 Å². The number of hydrogen-bond donors (Lipinski definition) is 2. The molecule has 4 nitrogen and oxygen atoms in total. The fourth-order valence-corrected chi connectivity index (χ4v) is 2.50. The van der Waals surface area contributed by atoms with Gasteiger partial charge in [-0.15, -0.1) is 0 Å². The third kappa shape index (κ3) is 4.24. The Balaban J connectivity index is 1.74. The average Bonchev–Trinajstić information content (AvgIpc) is 2.56. The molecule has 3 rings (SSSR count). The van der Waals surface area contributed by atoms with Crippen LogP contribution in [0.5, 0.6) is 0 Å². The van der Waals surface area contributed by atoms with Crippen LogP contribution in [0, 0.1) is 13.8 Å². The Kier molecular flexibility index (Phi) is 4.96. The van der Waals surface area contributed by atoms with Gasteiger partial charge < -0.3 is 10.6 Å². The molecule has 0 aliphatic carbocycles. The third-order valence-electron chi connectivity index (χ3n) is 3.57. The van der Waals surface area contributed by atoms with E-state index in [1.165, 1.54) is 11.1 Å². The average molecular weight is 339 g/mol. The highest BCUT2D eigenvalue weighted by Gasteiger charge is 2.05. The number of nitrogens with one attached hydrogen (secondary N) is 2. The Morgan fingerprint density at radius 2 is 1.62 bits per heavy atom. The predicted octanol–water partition coefficient (Wildman–Crippen LogP) is 5.10. The number of benzene rings is 2. The highest BCUT2D eigenvalue weighted by molar-refractivity contribution is 6.33. The van der Waals surface area contributed by atoms with E-state index in [0.29, 0.717) is 23.2 Å². The van der Waals surface area contributed by atoms with E-state index in [9.17, 15) is 0 Å². The molecule has 3 aromatic rings. The molecule has 0 bridgehead atoms. The Labute approximate surface area is 146 Å². The summed E-state index contributed by atoms with van der Waals surface area (Å²) in [5.41, 5.74) is 3.28. The number of halogens is 1. The molecule has 0 aliphatic rings. The van der Waals surface area contributed by atoms with Crippen molar-refractivity contribution >= 4 is 28.9 Å². The summed E-state index contributed by atoms with van der Waals surface area (Å²) in [6, 6.07) is 17.9. The van der Waals surface area contributed by atoms with E-state index in [0.717, 1.165) is 11.5 Å². The Bertz CT molecular complexity index is 831. The van der Waals surface area contributed by atoms with Crippen molar-refractivity contribution in [2.24, 2.45) is 0 Å². The minimum atomic E-state index is 0.655.